The molecule has 0 heterocycles. The maximum atomic E-state index is 12.8. The van der Waals surface area contributed by atoms with Gasteiger partial charge in [0.1, 0.15) is 11.8 Å². The lowest BCUT2D eigenvalue weighted by atomic mass is 9.95. The van der Waals surface area contributed by atoms with Crippen LogP contribution < -0.4 is 0 Å². The van der Waals surface area contributed by atoms with Crippen LogP contribution in [0.15, 0.2) is 46.2 Å². The SMILES string of the molecule is O=C1c2ccc(Sc3ccc4c(c3)C(=O)C(C(=O)C3CC3)C4=O)cc2C(=O)C1C(=O)C1CC1. The lowest BCUT2D eigenvalue weighted by Crippen LogP contribution is -2.26. The predicted molar refractivity (Wildman–Crippen MR) is 117 cm³/mol. The molecule has 6 nitrogen and oxygen atoms in total. The first-order valence-corrected chi connectivity index (χ1v) is 11.9. The molecule has 0 spiro atoms. The van der Waals surface area contributed by atoms with Gasteiger partial charge in [0.2, 0.25) is 0 Å². The van der Waals surface area contributed by atoms with E-state index < -0.39 is 35.0 Å². The Kier molecular flexibility index (Phi) is 4.43. The van der Waals surface area contributed by atoms with Crippen LogP contribution in [0, 0.1) is 23.7 Å². The average molecular weight is 458 g/mol. The number of ketones is 6. The highest BCUT2D eigenvalue weighted by atomic mass is 32.2. The van der Waals surface area contributed by atoms with Gasteiger partial charge in [0.05, 0.1) is 0 Å². The van der Waals surface area contributed by atoms with Crippen LogP contribution in [0.1, 0.15) is 67.1 Å². The van der Waals surface area contributed by atoms with E-state index in [4.69, 9.17) is 0 Å². The van der Waals surface area contributed by atoms with Gasteiger partial charge < -0.3 is 0 Å². The van der Waals surface area contributed by atoms with E-state index in [1.54, 1.807) is 36.4 Å². The minimum absolute atomic E-state index is 0.173. The lowest BCUT2D eigenvalue weighted by Gasteiger charge is -2.05. The Bertz CT molecular complexity index is 1230. The predicted octanol–water partition coefficient (Wildman–Crippen LogP) is 3.79. The van der Waals surface area contributed by atoms with Gasteiger partial charge in [0.25, 0.3) is 0 Å². The van der Waals surface area contributed by atoms with E-state index in [1.807, 2.05) is 0 Å². The first-order chi connectivity index (χ1) is 15.8. The average Bonchev–Trinajstić information content (AvgIpc) is 3.71. The summed E-state index contributed by atoms with van der Waals surface area (Å²) in [5.74, 6) is -5.03. The summed E-state index contributed by atoms with van der Waals surface area (Å²) in [6.07, 6.45) is 2.94. The Hall–Kier alpha value is -3.19. The summed E-state index contributed by atoms with van der Waals surface area (Å²) in [6.45, 7) is 0. The number of Topliss-reactive ketones (excluding diaryl/α,β-unsaturated/α-hetero) is 6. The summed E-state index contributed by atoms with van der Waals surface area (Å²) in [7, 11) is 0. The van der Waals surface area contributed by atoms with Crippen molar-refractivity contribution in [3.63, 3.8) is 0 Å². The first-order valence-electron chi connectivity index (χ1n) is 11.1. The third-order valence-electron chi connectivity index (χ3n) is 6.86. The van der Waals surface area contributed by atoms with Crippen LogP contribution in [-0.4, -0.2) is 34.7 Å². The molecule has 2 saturated carbocycles. The summed E-state index contributed by atoms with van der Waals surface area (Å²) < 4.78 is 0. The van der Waals surface area contributed by atoms with Gasteiger partial charge in [-0.25, -0.2) is 0 Å². The van der Waals surface area contributed by atoms with Gasteiger partial charge in [-0.15, -0.1) is 0 Å². The normalized spacial score (nSPS) is 23.6. The zero-order chi connectivity index (χ0) is 23.0. The van der Waals surface area contributed by atoms with E-state index >= 15 is 0 Å². The number of hydrogen-bond acceptors (Lipinski definition) is 7. The molecular formula is C26H18O6S. The Morgan fingerprint density at radius 2 is 0.939 bits per heavy atom. The number of carbonyl (C=O) groups is 6. The molecule has 2 aromatic rings. The van der Waals surface area contributed by atoms with Crippen molar-refractivity contribution >= 4 is 46.5 Å². The summed E-state index contributed by atoms with van der Waals surface area (Å²) >= 11 is 1.29. The smallest absolute Gasteiger partial charge is 0.181 e. The van der Waals surface area contributed by atoms with E-state index in [1.165, 1.54) is 11.8 Å². The van der Waals surface area contributed by atoms with Crippen molar-refractivity contribution in [2.45, 2.75) is 35.5 Å². The third kappa shape index (κ3) is 3.17. The van der Waals surface area contributed by atoms with Crippen molar-refractivity contribution in [1.82, 2.24) is 0 Å². The van der Waals surface area contributed by atoms with Crippen molar-refractivity contribution in [3.8, 4) is 0 Å². The molecule has 2 aromatic carbocycles. The highest BCUT2D eigenvalue weighted by molar-refractivity contribution is 7.99. The van der Waals surface area contributed by atoms with Crippen LogP contribution in [0.4, 0.5) is 0 Å². The van der Waals surface area contributed by atoms with Crippen molar-refractivity contribution in [3.05, 3.63) is 58.7 Å². The van der Waals surface area contributed by atoms with Gasteiger partial charge in [-0.3, -0.25) is 28.8 Å². The van der Waals surface area contributed by atoms with Gasteiger partial charge in [0.15, 0.2) is 34.7 Å². The second-order valence-corrected chi connectivity index (χ2v) is 10.3. The Labute approximate surface area is 193 Å². The number of rotatable bonds is 6. The topological polar surface area (TPSA) is 102 Å². The van der Waals surface area contributed by atoms with E-state index in [-0.39, 0.29) is 45.7 Å². The fraction of sp³-hybridized carbons (Fsp3) is 0.308. The van der Waals surface area contributed by atoms with Crippen molar-refractivity contribution < 1.29 is 28.8 Å². The fourth-order valence-corrected chi connectivity index (χ4v) is 5.63. The molecule has 4 aliphatic carbocycles. The molecule has 6 rings (SSSR count). The van der Waals surface area contributed by atoms with Crippen LogP contribution in [0.3, 0.4) is 0 Å². The molecular weight excluding hydrogens is 440 g/mol. The second kappa shape index (κ2) is 7.15. The van der Waals surface area contributed by atoms with Gasteiger partial charge >= 0.3 is 0 Å². The molecule has 2 fully saturated rings. The molecule has 33 heavy (non-hydrogen) atoms. The standard InChI is InChI=1S/C26H18O6S/c27-21(11-1-2-11)19-23(29)15-7-5-13(9-17(15)25(19)31)33-14-6-8-16-18(10-14)26(32)20(24(16)30)22(28)12-3-4-12/h5-12,19-20H,1-4H2. The van der Waals surface area contributed by atoms with Gasteiger partial charge in [0, 0.05) is 43.9 Å². The summed E-state index contributed by atoms with van der Waals surface area (Å²) in [6, 6.07) is 9.78. The number of hydrogen-bond donors (Lipinski definition) is 0. The molecule has 2 unspecified atom stereocenters. The molecule has 0 radical (unpaired) electrons. The molecule has 0 bridgehead atoms. The van der Waals surface area contributed by atoms with Crippen LogP contribution in [0.2, 0.25) is 0 Å². The van der Waals surface area contributed by atoms with Crippen LogP contribution in [0.5, 0.6) is 0 Å². The van der Waals surface area contributed by atoms with E-state index in [2.05, 4.69) is 0 Å². The fourth-order valence-electron chi connectivity index (χ4n) is 4.73. The maximum absolute atomic E-state index is 12.8. The first kappa shape index (κ1) is 20.4. The number of benzene rings is 2. The molecule has 2 atom stereocenters. The molecule has 0 saturated heterocycles. The highest BCUT2D eigenvalue weighted by Crippen LogP contribution is 2.41. The molecule has 0 aromatic heterocycles. The molecule has 0 aliphatic heterocycles. The van der Waals surface area contributed by atoms with E-state index in [9.17, 15) is 28.8 Å². The van der Waals surface area contributed by atoms with Crippen LogP contribution in [0.25, 0.3) is 0 Å². The van der Waals surface area contributed by atoms with Crippen molar-refractivity contribution in [2.24, 2.45) is 23.7 Å². The Morgan fingerprint density at radius 1 is 0.576 bits per heavy atom. The lowest BCUT2D eigenvalue weighted by molar-refractivity contribution is -0.122. The van der Waals surface area contributed by atoms with Gasteiger partial charge in [-0.2, -0.15) is 0 Å². The quantitative estimate of drug-likeness (QED) is 0.607. The zero-order valence-electron chi connectivity index (χ0n) is 17.5. The Morgan fingerprint density at radius 3 is 1.30 bits per heavy atom. The third-order valence-corrected chi connectivity index (χ3v) is 7.84. The van der Waals surface area contributed by atoms with E-state index in [0.29, 0.717) is 9.79 Å². The number of carbonyl (C=O) groups excluding carboxylic acids is 6. The summed E-state index contributed by atoms with van der Waals surface area (Å²) in [5, 5.41) is 0. The van der Waals surface area contributed by atoms with Gasteiger partial charge in [-0.05, 0) is 62.1 Å². The summed E-state index contributed by atoms with van der Waals surface area (Å²) in [4.78, 5) is 77.1. The largest absolute Gasteiger partial charge is 0.298 e. The van der Waals surface area contributed by atoms with Crippen molar-refractivity contribution in [1.29, 1.82) is 0 Å². The molecule has 4 aliphatic rings. The second-order valence-electron chi connectivity index (χ2n) is 9.19. The Balaban J connectivity index is 1.26. The molecule has 164 valence electrons. The minimum Gasteiger partial charge on any atom is -0.298 e. The van der Waals surface area contributed by atoms with Crippen molar-refractivity contribution in [2.75, 3.05) is 0 Å². The molecule has 7 heteroatoms. The molecule has 0 amide bonds. The van der Waals surface area contributed by atoms with Gasteiger partial charge in [-0.1, -0.05) is 11.8 Å². The highest BCUT2D eigenvalue weighted by Gasteiger charge is 2.49. The zero-order valence-corrected chi connectivity index (χ0v) is 18.3. The van der Waals surface area contributed by atoms with Crippen LogP contribution in [-0.2, 0) is 9.59 Å². The van der Waals surface area contributed by atoms with Crippen LogP contribution >= 0.6 is 11.8 Å². The number of fused-ring (bicyclic) bond motifs is 2. The van der Waals surface area contributed by atoms with E-state index in [0.717, 1.165) is 25.7 Å². The minimum atomic E-state index is -1.21. The summed E-state index contributed by atoms with van der Waals surface area (Å²) in [5.41, 5.74) is 1.07. The monoisotopic (exact) mass is 458 g/mol. The molecule has 0 N–H and O–H groups in total. The maximum Gasteiger partial charge on any atom is 0.181 e.